The van der Waals surface area contributed by atoms with Gasteiger partial charge in [-0.15, -0.1) is 0 Å². The fourth-order valence-electron chi connectivity index (χ4n) is 5.12. The summed E-state index contributed by atoms with van der Waals surface area (Å²) in [7, 11) is 3.86. The van der Waals surface area contributed by atoms with Gasteiger partial charge in [-0.2, -0.15) is 0 Å². The molecule has 8 heteroatoms. The first-order valence-corrected chi connectivity index (χ1v) is 12.4. The van der Waals surface area contributed by atoms with Crippen molar-refractivity contribution in [3.8, 4) is 0 Å². The van der Waals surface area contributed by atoms with Crippen LogP contribution in [0.4, 0.5) is 5.69 Å². The molecule has 3 amide bonds. The molecule has 1 aromatic carbocycles. The number of ketones is 1. The van der Waals surface area contributed by atoms with Gasteiger partial charge in [0, 0.05) is 38.3 Å². The molecule has 8 nitrogen and oxygen atoms in total. The highest BCUT2D eigenvalue weighted by atomic mass is 16.2. The second kappa shape index (κ2) is 9.76. The van der Waals surface area contributed by atoms with Crippen LogP contribution in [0.1, 0.15) is 56.3 Å². The fraction of sp³-hybridized carbons (Fsp3) is 0.615. The van der Waals surface area contributed by atoms with Gasteiger partial charge in [0.25, 0.3) is 5.91 Å². The molecule has 0 radical (unpaired) electrons. The lowest BCUT2D eigenvalue weighted by Crippen LogP contribution is -2.53. The standard InChI is InChI=1S/C26H36N4O4/c1-16(2)13-20(27-25(33)18-7-9-19(10-8-18)28(3)4)26(34)29-12-11-21-24(29)22(31)15-30(21)23(32)14-17-5-6-17/h7-10,16-17,20-21,24H,5-6,11-15H2,1-4H3,(H,27,33)/t20-,21+,24-/m0/s1. The van der Waals surface area contributed by atoms with E-state index >= 15 is 0 Å². The predicted octanol–water partition coefficient (Wildman–Crippen LogP) is 2.08. The Morgan fingerprint density at radius 1 is 1.06 bits per heavy atom. The van der Waals surface area contributed by atoms with Crippen molar-refractivity contribution in [3.63, 3.8) is 0 Å². The number of fused-ring (bicyclic) bond motifs is 1. The minimum Gasteiger partial charge on any atom is -0.378 e. The highest BCUT2D eigenvalue weighted by Crippen LogP contribution is 2.36. The Balaban J connectivity index is 1.46. The van der Waals surface area contributed by atoms with Crippen LogP contribution in [0.2, 0.25) is 0 Å². The summed E-state index contributed by atoms with van der Waals surface area (Å²) < 4.78 is 0. The zero-order valence-electron chi connectivity index (χ0n) is 20.6. The molecule has 3 aliphatic rings. The van der Waals surface area contributed by atoms with Crippen LogP contribution in [0.15, 0.2) is 24.3 Å². The molecule has 3 atom stereocenters. The van der Waals surface area contributed by atoms with Crippen LogP contribution >= 0.6 is 0 Å². The molecule has 3 fully saturated rings. The minimum absolute atomic E-state index is 0.0332. The number of amides is 3. The van der Waals surface area contributed by atoms with Gasteiger partial charge in [0.2, 0.25) is 11.8 Å². The summed E-state index contributed by atoms with van der Waals surface area (Å²) in [5, 5.41) is 2.92. The number of nitrogens with one attached hydrogen (secondary N) is 1. The lowest BCUT2D eigenvalue weighted by atomic mass is 10.0. The molecular weight excluding hydrogens is 432 g/mol. The van der Waals surface area contributed by atoms with E-state index in [4.69, 9.17) is 0 Å². The first-order chi connectivity index (χ1) is 16.2. The second-order valence-electron chi connectivity index (χ2n) is 10.6. The van der Waals surface area contributed by atoms with Gasteiger partial charge in [0.1, 0.15) is 12.1 Å². The Kier molecular flexibility index (Phi) is 6.96. The predicted molar refractivity (Wildman–Crippen MR) is 129 cm³/mol. The van der Waals surface area contributed by atoms with Crippen molar-refractivity contribution in [3.05, 3.63) is 29.8 Å². The maximum atomic E-state index is 13.6. The summed E-state index contributed by atoms with van der Waals surface area (Å²) >= 11 is 0. The Morgan fingerprint density at radius 2 is 1.74 bits per heavy atom. The van der Waals surface area contributed by atoms with Crippen molar-refractivity contribution in [2.45, 2.75) is 64.1 Å². The number of likely N-dealkylation sites (tertiary alicyclic amines) is 2. The molecule has 0 spiro atoms. The van der Waals surface area contributed by atoms with Crippen molar-refractivity contribution >= 4 is 29.2 Å². The van der Waals surface area contributed by atoms with Crippen LogP contribution in [0.5, 0.6) is 0 Å². The molecule has 1 aromatic rings. The summed E-state index contributed by atoms with van der Waals surface area (Å²) in [6.45, 7) is 4.52. The quantitative estimate of drug-likeness (QED) is 0.631. The van der Waals surface area contributed by atoms with Gasteiger partial charge >= 0.3 is 0 Å². The molecule has 184 valence electrons. The lowest BCUT2D eigenvalue weighted by molar-refractivity contribution is -0.138. The van der Waals surface area contributed by atoms with Gasteiger partial charge in [-0.3, -0.25) is 19.2 Å². The van der Waals surface area contributed by atoms with Crippen LogP contribution in [-0.4, -0.2) is 78.6 Å². The molecule has 1 N–H and O–H groups in total. The molecule has 2 saturated heterocycles. The molecule has 4 rings (SSSR count). The smallest absolute Gasteiger partial charge is 0.251 e. The Bertz CT molecular complexity index is 954. The van der Waals surface area contributed by atoms with Gasteiger partial charge in [0.15, 0.2) is 5.78 Å². The largest absolute Gasteiger partial charge is 0.378 e. The monoisotopic (exact) mass is 468 g/mol. The van der Waals surface area contributed by atoms with Gasteiger partial charge < -0.3 is 20.0 Å². The summed E-state index contributed by atoms with van der Waals surface area (Å²) in [4.78, 5) is 57.4. The maximum absolute atomic E-state index is 13.6. The average molecular weight is 469 g/mol. The van der Waals surface area contributed by atoms with Gasteiger partial charge in [-0.05, 0) is 61.8 Å². The van der Waals surface area contributed by atoms with Gasteiger partial charge in [0.05, 0.1) is 12.6 Å². The number of anilines is 1. The molecule has 2 aliphatic heterocycles. The van der Waals surface area contributed by atoms with Crippen molar-refractivity contribution < 1.29 is 19.2 Å². The van der Waals surface area contributed by atoms with Crippen LogP contribution in [0, 0.1) is 11.8 Å². The maximum Gasteiger partial charge on any atom is 0.251 e. The van der Waals surface area contributed by atoms with E-state index in [1.54, 1.807) is 21.9 Å². The summed E-state index contributed by atoms with van der Waals surface area (Å²) in [5.41, 5.74) is 1.47. The molecule has 2 heterocycles. The number of Topliss-reactive ketones (excluding diaryl/α,β-unsaturated/α-hetero) is 1. The Morgan fingerprint density at radius 3 is 2.32 bits per heavy atom. The zero-order valence-corrected chi connectivity index (χ0v) is 20.6. The van der Waals surface area contributed by atoms with E-state index in [9.17, 15) is 19.2 Å². The molecule has 0 aromatic heterocycles. The third-order valence-electron chi connectivity index (χ3n) is 7.14. The number of benzene rings is 1. The molecule has 0 unspecified atom stereocenters. The molecule has 0 bridgehead atoms. The summed E-state index contributed by atoms with van der Waals surface area (Å²) in [6.07, 6.45) is 3.75. The topological polar surface area (TPSA) is 90.0 Å². The highest BCUT2D eigenvalue weighted by Gasteiger charge is 2.52. The second-order valence-corrected chi connectivity index (χ2v) is 10.6. The third kappa shape index (κ3) is 5.10. The van der Waals surface area contributed by atoms with E-state index in [0.717, 1.165) is 18.5 Å². The van der Waals surface area contributed by atoms with E-state index in [-0.39, 0.29) is 42.0 Å². The molecular formula is C26H36N4O4. The number of hydrogen-bond acceptors (Lipinski definition) is 5. The van der Waals surface area contributed by atoms with Gasteiger partial charge in [-0.1, -0.05) is 13.8 Å². The van der Waals surface area contributed by atoms with Crippen molar-refractivity contribution in [1.82, 2.24) is 15.1 Å². The van der Waals surface area contributed by atoms with Gasteiger partial charge in [-0.25, -0.2) is 0 Å². The van der Waals surface area contributed by atoms with E-state index in [2.05, 4.69) is 5.32 Å². The third-order valence-corrected chi connectivity index (χ3v) is 7.14. The molecule has 1 saturated carbocycles. The normalized spacial score (nSPS) is 22.7. The lowest BCUT2D eigenvalue weighted by Gasteiger charge is -2.29. The van der Waals surface area contributed by atoms with Crippen molar-refractivity contribution in [2.24, 2.45) is 11.8 Å². The van der Waals surface area contributed by atoms with E-state index in [1.807, 2.05) is 45.0 Å². The van der Waals surface area contributed by atoms with Crippen LogP contribution in [0.25, 0.3) is 0 Å². The number of hydrogen-bond donors (Lipinski definition) is 1. The molecule has 34 heavy (non-hydrogen) atoms. The number of carbonyl (C=O) groups is 4. The van der Waals surface area contributed by atoms with Crippen LogP contribution in [0.3, 0.4) is 0 Å². The minimum atomic E-state index is -0.719. The van der Waals surface area contributed by atoms with E-state index < -0.39 is 12.1 Å². The Hall–Kier alpha value is -2.90. The number of rotatable bonds is 8. The number of carbonyl (C=O) groups excluding carboxylic acids is 4. The van der Waals surface area contributed by atoms with Crippen LogP contribution in [-0.2, 0) is 14.4 Å². The van der Waals surface area contributed by atoms with Crippen molar-refractivity contribution in [1.29, 1.82) is 0 Å². The van der Waals surface area contributed by atoms with Crippen LogP contribution < -0.4 is 10.2 Å². The summed E-state index contributed by atoms with van der Waals surface area (Å²) in [6, 6.07) is 5.67. The number of nitrogens with zero attached hydrogens (tertiary/aromatic N) is 3. The first kappa shape index (κ1) is 24.2. The first-order valence-electron chi connectivity index (χ1n) is 12.4. The summed E-state index contributed by atoms with van der Waals surface area (Å²) in [5.74, 6) is 0.0565. The Labute approximate surface area is 201 Å². The highest BCUT2D eigenvalue weighted by molar-refractivity contribution is 6.01. The molecule has 1 aliphatic carbocycles. The SMILES string of the molecule is CC(C)C[C@H](NC(=O)c1ccc(N(C)C)cc1)C(=O)N1CC[C@@H]2[C@H]1C(=O)CN2C(=O)CC1CC1. The van der Waals surface area contributed by atoms with E-state index in [0.29, 0.717) is 37.3 Å². The van der Waals surface area contributed by atoms with E-state index in [1.165, 1.54) is 0 Å². The zero-order chi connectivity index (χ0) is 24.6. The average Bonchev–Trinajstić information content (AvgIpc) is 3.39. The van der Waals surface area contributed by atoms with Crippen molar-refractivity contribution in [2.75, 3.05) is 32.1 Å². The fourth-order valence-corrected chi connectivity index (χ4v) is 5.12.